The van der Waals surface area contributed by atoms with Crippen LogP contribution in [0.1, 0.15) is 13.8 Å². The molecule has 1 rings (SSSR count). The van der Waals surface area contributed by atoms with E-state index in [2.05, 4.69) is 15.2 Å². The molecule has 0 atom stereocenters. The van der Waals surface area contributed by atoms with Gasteiger partial charge in [-0.15, -0.1) is 10.2 Å². The molecule has 0 radical (unpaired) electrons. The van der Waals surface area contributed by atoms with Crippen molar-refractivity contribution in [3.05, 3.63) is 36.0 Å². The Hall–Kier alpha value is -2.04. The molecule has 0 spiro atoms. The molecule has 0 aromatic carbocycles. The topological polar surface area (TPSA) is 74.9 Å². The monoisotopic (exact) mass is 205 g/mol. The fourth-order valence-electron chi connectivity index (χ4n) is 0.918. The van der Waals surface area contributed by atoms with Crippen molar-refractivity contribution in [2.75, 3.05) is 0 Å². The molecule has 5 nitrogen and oxygen atoms in total. The summed E-state index contributed by atoms with van der Waals surface area (Å²) in [6.07, 6.45) is 3.12. The van der Waals surface area contributed by atoms with Crippen LogP contribution in [-0.4, -0.2) is 15.9 Å². The van der Waals surface area contributed by atoms with E-state index < -0.39 is 0 Å². The number of hydrogen-bond acceptors (Lipinski definition) is 5. The van der Waals surface area contributed by atoms with Gasteiger partial charge in [-0.25, -0.2) is 0 Å². The number of aliphatic hydroxyl groups is 1. The molecular weight excluding hydrogens is 194 g/mol. The van der Waals surface area contributed by atoms with Crippen LogP contribution in [0.3, 0.4) is 0 Å². The van der Waals surface area contributed by atoms with Crippen LogP contribution < -0.4 is 0 Å². The number of nitrogens with zero attached hydrogens (tertiary/aromatic N) is 3. The first-order chi connectivity index (χ1) is 7.11. The average molecular weight is 205 g/mol. The van der Waals surface area contributed by atoms with Crippen molar-refractivity contribution >= 4 is 11.5 Å². The zero-order valence-electron chi connectivity index (χ0n) is 8.51. The van der Waals surface area contributed by atoms with E-state index in [0.29, 0.717) is 5.69 Å². The summed E-state index contributed by atoms with van der Waals surface area (Å²) in [5.41, 5.74) is 0.483. The minimum absolute atomic E-state index is 0.0427. The first kappa shape index (κ1) is 11.0. The van der Waals surface area contributed by atoms with Crippen molar-refractivity contribution in [2.24, 2.45) is 10.2 Å². The van der Waals surface area contributed by atoms with Gasteiger partial charge in [0.2, 0.25) is 0 Å². The number of hydrogen-bond donors (Lipinski definition) is 1. The van der Waals surface area contributed by atoms with Gasteiger partial charge < -0.3 is 5.11 Å². The number of Topliss-reactive ketones (excluding diaryl/α,β-unsaturated/α-hetero) is 1. The molecule has 1 aromatic heterocycles. The summed E-state index contributed by atoms with van der Waals surface area (Å²) >= 11 is 0. The molecule has 0 saturated heterocycles. The van der Waals surface area contributed by atoms with Gasteiger partial charge in [0.1, 0.15) is 11.4 Å². The lowest BCUT2D eigenvalue weighted by molar-refractivity contribution is -0.113. The van der Waals surface area contributed by atoms with Gasteiger partial charge in [0.05, 0.1) is 6.20 Å². The molecule has 0 aliphatic heterocycles. The third-order valence-corrected chi connectivity index (χ3v) is 1.59. The second kappa shape index (κ2) is 4.99. The van der Waals surface area contributed by atoms with Crippen LogP contribution in [0.5, 0.6) is 0 Å². The second-order valence-corrected chi connectivity index (χ2v) is 2.90. The van der Waals surface area contributed by atoms with Gasteiger partial charge in [0.15, 0.2) is 11.5 Å². The van der Waals surface area contributed by atoms with Crippen LogP contribution in [0.15, 0.2) is 46.2 Å². The Morgan fingerprint density at radius 2 is 2.20 bits per heavy atom. The van der Waals surface area contributed by atoms with E-state index in [1.165, 1.54) is 20.0 Å². The maximum absolute atomic E-state index is 11.0. The number of pyridine rings is 1. The van der Waals surface area contributed by atoms with Gasteiger partial charge in [0.25, 0.3) is 0 Å². The minimum atomic E-state index is -0.331. The Labute approximate surface area is 87.2 Å². The fourth-order valence-corrected chi connectivity index (χ4v) is 0.918. The fraction of sp³-hybridized carbons (Fsp3) is 0.200. The Bertz CT molecular complexity index is 406. The first-order valence-electron chi connectivity index (χ1n) is 4.34. The zero-order valence-corrected chi connectivity index (χ0v) is 8.51. The first-order valence-corrected chi connectivity index (χ1v) is 4.34. The molecule has 5 heteroatoms. The Morgan fingerprint density at radius 1 is 1.47 bits per heavy atom. The van der Waals surface area contributed by atoms with E-state index in [9.17, 15) is 4.79 Å². The quantitative estimate of drug-likeness (QED) is 0.468. The summed E-state index contributed by atoms with van der Waals surface area (Å²) in [5, 5.41) is 16.6. The van der Waals surface area contributed by atoms with E-state index in [-0.39, 0.29) is 17.2 Å². The number of rotatable bonds is 3. The molecule has 0 fully saturated rings. The van der Waals surface area contributed by atoms with Crippen molar-refractivity contribution in [1.29, 1.82) is 0 Å². The lowest BCUT2D eigenvalue weighted by Gasteiger charge is -1.96. The lowest BCUT2D eigenvalue weighted by Crippen LogP contribution is -1.96. The van der Waals surface area contributed by atoms with E-state index in [0.717, 1.165) is 0 Å². The highest BCUT2D eigenvalue weighted by atomic mass is 16.3. The average Bonchev–Trinajstić information content (AvgIpc) is 2.18. The number of ketones is 1. The number of aromatic nitrogens is 1. The van der Waals surface area contributed by atoms with Crippen LogP contribution in [0, 0.1) is 0 Å². The molecule has 1 aromatic rings. The molecule has 1 N–H and O–H groups in total. The van der Waals surface area contributed by atoms with Crippen molar-refractivity contribution in [2.45, 2.75) is 13.8 Å². The molecule has 0 unspecified atom stereocenters. The molecule has 0 aliphatic rings. The van der Waals surface area contributed by atoms with Crippen molar-refractivity contribution in [3.8, 4) is 0 Å². The SMILES string of the molecule is CC(=O)/C(N=Nc1cccnc1)=C(\C)O. The van der Waals surface area contributed by atoms with E-state index in [1.807, 2.05) is 0 Å². The van der Waals surface area contributed by atoms with E-state index in [1.54, 1.807) is 18.3 Å². The molecule has 0 bridgehead atoms. The van der Waals surface area contributed by atoms with Gasteiger partial charge in [-0.3, -0.25) is 9.78 Å². The van der Waals surface area contributed by atoms with Crippen LogP contribution in [0.4, 0.5) is 5.69 Å². The summed E-state index contributed by atoms with van der Waals surface area (Å²) < 4.78 is 0. The minimum Gasteiger partial charge on any atom is -0.510 e. The van der Waals surface area contributed by atoms with Gasteiger partial charge in [-0.1, -0.05) is 0 Å². The van der Waals surface area contributed by atoms with E-state index in [4.69, 9.17) is 5.11 Å². The smallest absolute Gasteiger partial charge is 0.183 e. The lowest BCUT2D eigenvalue weighted by atomic mass is 10.3. The largest absolute Gasteiger partial charge is 0.510 e. The molecule has 0 aliphatic carbocycles. The number of aliphatic hydroxyl groups excluding tert-OH is 1. The van der Waals surface area contributed by atoms with Crippen LogP contribution in [0.25, 0.3) is 0 Å². The number of carbonyl (C=O) groups is 1. The third kappa shape index (κ3) is 3.30. The molecular formula is C10H11N3O2. The normalized spacial score (nSPS) is 12.7. The summed E-state index contributed by atoms with van der Waals surface area (Å²) in [5.74, 6) is -0.474. The van der Waals surface area contributed by atoms with Crippen molar-refractivity contribution < 1.29 is 9.90 Å². The maximum Gasteiger partial charge on any atom is 0.183 e. The highest BCUT2D eigenvalue weighted by Gasteiger charge is 2.06. The Kier molecular flexibility index (Phi) is 3.68. The van der Waals surface area contributed by atoms with Crippen LogP contribution in [0.2, 0.25) is 0 Å². The van der Waals surface area contributed by atoms with Crippen LogP contribution in [-0.2, 0) is 4.79 Å². The van der Waals surface area contributed by atoms with Crippen LogP contribution >= 0.6 is 0 Å². The second-order valence-electron chi connectivity index (χ2n) is 2.90. The Balaban J connectivity index is 2.90. The summed E-state index contributed by atoms with van der Waals surface area (Å²) in [4.78, 5) is 14.9. The van der Waals surface area contributed by atoms with Gasteiger partial charge >= 0.3 is 0 Å². The number of carbonyl (C=O) groups excluding carboxylic acids is 1. The summed E-state index contributed by atoms with van der Waals surface area (Å²) in [7, 11) is 0. The third-order valence-electron chi connectivity index (χ3n) is 1.59. The number of azo groups is 1. The van der Waals surface area contributed by atoms with Crippen molar-refractivity contribution in [1.82, 2.24) is 4.98 Å². The maximum atomic E-state index is 11.0. The molecule has 78 valence electrons. The zero-order chi connectivity index (χ0) is 11.3. The van der Waals surface area contributed by atoms with Gasteiger partial charge in [-0.2, -0.15) is 0 Å². The molecule has 0 amide bonds. The number of allylic oxidation sites excluding steroid dienone is 2. The van der Waals surface area contributed by atoms with Gasteiger partial charge in [0, 0.05) is 13.1 Å². The van der Waals surface area contributed by atoms with Crippen molar-refractivity contribution in [3.63, 3.8) is 0 Å². The van der Waals surface area contributed by atoms with Gasteiger partial charge in [-0.05, 0) is 19.1 Å². The highest BCUT2D eigenvalue weighted by Crippen LogP contribution is 2.12. The molecule has 0 saturated carbocycles. The summed E-state index contributed by atoms with van der Waals surface area (Å²) in [6.45, 7) is 2.70. The summed E-state index contributed by atoms with van der Waals surface area (Å²) in [6, 6.07) is 3.40. The molecule has 1 heterocycles. The highest BCUT2D eigenvalue weighted by molar-refractivity contribution is 5.93. The van der Waals surface area contributed by atoms with E-state index >= 15 is 0 Å². The molecule has 15 heavy (non-hydrogen) atoms. The standard InChI is InChI=1S/C10H11N3O2/c1-7(14)10(8(2)15)13-12-9-4-3-5-11-6-9/h3-6,14H,1-2H3/b10-7-,13-12?. The predicted molar refractivity (Wildman–Crippen MR) is 54.8 cm³/mol. The predicted octanol–water partition coefficient (Wildman–Crippen LogP) is 2.54. The Morgan fingerprint density at radius 3 is 2.67 bits per heavy atom.